The summed E-state index contributed by atoms with van der Waals surface area (Å²) in [5.41, 5.74) is 6.04. The molecule has 0 aliphatic heterocycles. The summed E-state index contributed by atoms with van der Waals surface area (Å²) in [5, 5.41) is 3.05. The Bertz CT molecular complexity index is 556. The number of nitrogens with two attached hydrogens (primary N) is 1. The van der Waals surface area contributed by atoms with Gasteiger partial charge in [-0.1, -0.05) is 19.8 Å². The number of rotatable bonds is 3. The molecule has 0 saturated heterocycles. The summed E-state index contributed by atoms with van der Waals surface area (Å²) in [6, 6.07) is 2.01. The van der Waals surface area contributed by atoms with Crippen molar-refractivity contribution in [2.75, 3.05) is 5.73 Å². The Morgan fingerprint density at radius 2 is 2.05 bits per heavy atom. The molecule has 0 unspecified atom stereocenters. The van der Waals surface area contributed by atoms with Crippen molar-refractivity contribution in [1.29, 1.82) is 0 Å². The highest BCUT2D eigenvalue weighted by Crippen LogP contribution is 2.37. The van der Waals surface area contributed by atoms with Crippen LogP contribution in [0.1, 0.15) is 57.2 Å². The van der Waals surface area contributed by atoms with Crippen molar-refractivity contribution in [2.45, 2.75) is 51.4 Å². The molecule has 2 aromatic heterocycles. The maximum absolute atomic E-state index is 6.04. The quantitative estimate of drug-likeness (QED) is 0.906. The van der Waals surface area contributed by atoms with Crippen LogP contribution in [0.3, 0.4) is 0 Å². The lowest BCUT2D eigenvalue weighted by molar-refractivity contribution is 0.303. The van der Waals surface area contributed by atoms with Crippen molar-refractivity contribution in [2.24, 2.45) is 5.92 Å². The molecule has 0 spiro atoms. The lowest BCUT2D eigenvalue weighted by Crippen LogP contribution is -2.15. The molecule has 0 radical (unpaired) electrons. The second-order valence-corrected chi connectivity index (χ2v) is 6.51. The Balaban J connectivity index is 1.78. The van der Waals surface area contributed by atoms with Gasteiger partial charge in [-0.2, -0.15) is 0 Å². The molecule has 4 heteroatoms. The molecule has 3 rings (SSSR count). The van der Waals surface area contributed by atoms with E-state index in [-0.39, 0.29) is 0 Å². The van der Waals surface area contributed by atoms with Gasteiger partial charge < -0.3 is 5.73 Å². The van der Waals surface area contributed by atoms with E-state index in [4.69, 9.17) is 10.7 Å². The van der Waals surface area contributed by atoms with Crippen LogP contribution in [0.25, 0.3) is 10.2 Å². The predicted molar refractivity (Wildman–Crippen MR) is 81.4 cm³/mol. The molecule has 0 aromatic carbocycles. The highest BCUT2D eigenvalue weighted by Gasteiger charge is 2.24. The lowest BCUT2D eigenvalue weighted by atomic mass is 9.80. The van der Waals surface area contributed by atoms with Crippen LogP contribution in [0.2, 0.25) is 0 Å². The van der Waals surface area contributed by atoms with Crippen LogP contribution in [0.5, 0.6) is 0 Å². The first-order chi connectivity index (χ1) is 9.28. The normalized spacial score (nSPS) is 23.8. The molecule has 19 heavy (non-hydrogen) atoms. The zero-order valence-electron chi connectivity index (χ0n) is 11.4. The molecular formula is C15H21N3S. The monoisotopic (exact) mass is 275 g/mol. The van der Waals surface area contributed by atoms with Crippen molar-refractivity contribution in [3.05, 3.63) is 17.3 Å². The third-order valence-corrected chi connectivity index (χ3v) is 5.09. The van der Waals surface area contributed by atoms with Gasteiger partial charge in [0.2, 0.25) is 0 Å². The Labute approximate surface area is 118 Å². The van der Waals surface area contributed by atoms with Gasteiger partial charge in [0.15, 0.2) is 0 Å². The van der Waals surface area contributed by atoms with Crippen molar-refractivity contribution in [1.82, 2.24) is 9.97 Å². The summed E-state index contributed by atoms with van der Waals surface area (Å²) in [5.74, 6) is 3.06. The number of hydrogen-bond donors (Lipinski definition) is 1. The fourth-order valence-corrected chi connectivity index (χ4v) is 3.97. The summed E-state index contributed by atoms with van der Waals surface area (Å²) in [6.45, 7) is 2.28. The van der Waals surface area contributed by atoms with E-state index >= 15 is 0 Å². The maximum atomic E-state index is 6.04. The first-order valence-electron chi connectivity index (χ1n) is 7.28. The molecule has 102 valence electrons. The maximum Gasteiger partial charge on any atom is 0.135 e. The summed E-state index contributed by atoms with van der Waals surface area (Å²) in [4.78, 5) is 10.3. The number of aromatic nitrogens is 2. The molecule has 0 atom stereocenters. The molecule has 1 fully saturated rings. The Morgan fingerprint density at radius 3 is 2.79 bits per heavy atom. The standard InChI is InChI=1S/C15H21N3S/c1-2-3-10-4-6-11(7-5-10)14-17-13(16)12-8-9-19-15(12)18-14/h8-11H,2-7H2,1H3,(H2,16,17,18). The van der Waals surface area contributed by atoms with Crippen LogP contribution in [0.15, 0.2) is 11.4 Å². The molecule has 0 amide bonds. The number of thiophene rings is 1. The molecule has 2 N–H and O–H groups in total. The van der Waals surface area contributed by atoms with E-state index in [2.05, 4.69) is 11.9 Å². The second-order valence-electron chi connectivity index (χ2n) is 5.61. The van der Waals surface area contributed by atoms with Gasteiger partial charge in [-0.25, -0.2) is 9.97 Å². The van der Waals surface area contributed by atoms with Gasteiger partial charge in [0, 0.05) is 5.92 Å². The van der Waals surface area contributed by atoms with Crippen molar-refractivity contribution < 1.29 is 0 Å². The fourth-order valence-electron chi connectivity index (χ4n) is 3.20. The molecular weight excluding hydrogens is 254 g/mol. The molecule has 1 saturated carbocycles. The fraction of sp³-hybridized carbons (Fsp3) is 0.600. The summed E-state index contributed by atoms with van der Waals surface area (Å²) < 4.78 is 0. The molecule has 2 aromatic rings. The van der Waals surface area contributed by atoms with E-state index in [0.29, 0.717) is 11.7 Å². The minimum absolute atomic E-state index is 0.516. The minimum atomic E-state index is 0.516. The van der Waals surface area contributed by atoms with Gasteiger partial charge in [0.1, 0.15) is 16.5 Å². The number of anilines is 1. The predicted octanol–water partition coefficient (Wildman–Crippen LogP) is 4.35. The van der Waals surface area contributed by atoms with Crippen LogP contribution in [-0.2, 0) is 0 Å². The highest BCUT2D eigenvalue weighted by atomic mass is 32.1. The topological polar surface area (TPSA) is 51.8 Å². The molecule has 1 aliphatic carbocycles. The zero-order chi connectivity index (χ0) is 13.2. The SMILES string of the molecule is CCCC1CCC(c2nc(N)c3ccsc3n2)CC1. The van der Waals surface area contributed by atoms with E-state index in [1.54, 1.807) is 11.3 Å². The Morgan fingerprint density at radius 1 is 1.26 bits per heavy atom. The first-order valence-corrected chi connectivity index (χ1v) is 8.16. The zero-order valence-corrected chi connectivity index (χ0v) is 12.2. The van der Waals surface area contributed by atoms with Crippen LogP contribution in [0, 0.1) is 5.92 Å². The number of nitrogens with zero attached hydrogens (tertiary/aromatic N) is 2. The smallest absolute Gasteiger partial charge is 0.135 e. The lowest BCUT2D eigenvalue weighted by Gasteiger charge is -2.27. The summed E-state index contributed by atoms with van der Waals surface area (Å²) in [6.07, 6.45) is 7.77. The van der Waals surface area contributed by atoms with Crippen LogP contribution < -0.4 is 5.73 Å². The molecule has 1 aliphatic rings. The van der Waals surface area contributed by atoms with E-state index in [1.807, 2.05) is 11.4 Å². The summed E-state index contributed by atoms with van der Waals surface area (Å²) >= 11 is 1.66. The van der Waals surface area contributed by atoms with Gasteiger partial charge in [-0.15, -0.1) is 11.3 Å². The van der Waals surface area contributed by atoms with E-state index < -0.39 is 0 Å². The highest BCUT2D eigenvalue weighted by molar-refractivity contribution is 7.16. The van der Waals surface area contributed by atoms with Gasteiger partial charge >= 0.3 is 0 Å². The van der Waals surface area contributed by atoms with Crippen molar-refractivity contribution in [3.8, 4) is 0 Å². The van der Waals surface area contributed by atoms with Crippen LogP contribution in [0.4, 0.5) is 5.82 Å². The van der Waals surface area contributed by atoms with E-state index in [0.717, 1.165) is 22.0 Å². The number of nitrogen functional groups attached to an aromatic ring is 1. The second kappa shape index (κ2) is 5.45. The van der Waals surface area contributed by atoms with Crippen molar-refractivity contribution >= 4 is 27.4 Å². The van der Waals surface area contributed by atoms with Gasteiger partial charge in [-0.05, 0) is 43.0 Å². The minimum Gasteiger partial charge on any atom is -0.383 e. The third kappa shape index (κ3) is 2.59. The van der Waals surface area contributed by atoms with Crippen LogP contribution in [-0.4, -0.2) is 9.97 Å². The van der Waals surface area contributed by atoms with Gasteiger partial charge in [0.25, 0.3) is 0 Å². The van der Waals surface area contributed by atoms with Crippen molar-refractivity contribution in [3.63, 3.8) is 0 Å². The Hall–Kier alpha value is -1.16. The first kappa shape index (κ1) is 12.9. The molecule has 0 bridgehead atoms. The van der Waals surface area contributed by atoms with E-state index in [1.165, 1.54) is 38.5 Å². The third-order valence-electron chi connectivity index (χ3n) is 4.28. The number of fused-ring (bicyclic) bond motifs is 1. The molecule has 2 heterocycles. The number of hydrogen-bond acceptors (Lipinski definition) is 4. The van der Waals surface area contributed by atoms with Crippen LogP contribution >= 0.6 is 11.3 Å². The Kier molecular flexibility index (Phi) is 3.69. The average molecular weight is 275 g/mol. The van der Waals surface area contributed by atoms with Gasteiger partial charge in [-0.3, -0.25) is 0 Å². The van der Waals surface area contributed by atoms with E-state index in [9.17, 15) is 0 Å². The largest absolute Gasteiger partial charge is 0.383 e. The average Bonchev–Trinajstić information content (AvgIpc) is 2.89. The van der Waals surface area contributed by atoms with Gasteiger partial charge in [0.05, 0.1) is 5.39 Å². The molecule has 3 nitrogen and oxygen atoms in total. The summed E-state index contributed by atoms with van der Waals surface area (Å²) in [7, 11) is 0.